The van der Waals surface area contributed by atoms with Gasteiger partial charge < -0.3 is 15.6 Å². The molecule has 7 nitrogen and oxygen atoms in total. The van der Waals surface area contributed by atoms with Crippen molar-refractivity contribution >= 4 is 21.8 Å². The Morgan fingerprint density at radius 1 is 1.14 bits per heavy atom. The molecule has 110 valence electrons. The Balaban J connectivity index is 2.62. The fourth-order valence-electron chi connectivity index (χ4n) is 1.65. The standard InChI is InChI=1S/C13H11NO6S/c14-10-6-8(13(15)16)7-11(21(17,18)19)12(10)20-9-4-2-1-3-5-9/h1-7H,14H2,(H,15,16)(H,17,18,19). The van der Waals surface area contributed by atoms with Crippen LogP contribution in [0, 0.1) is 0 Å². The summed E-state index contributed by atoms with van der Waals surface area (Å²) in [7, 11) is -4.70. The smallest absolute Gasteiger partial charge is 0.335 e. The van der Waals surface area contributed by atoms with Crippen LogP contribution in [-0.4, -0.2) is 24.0 Å². The van der Waals surface area contributed by atoms with Crippen LogP contribution in [0.2, 0.25) is 0 Å². The fraction of sp³-hybridized carbons (Fsp3) is 0. The van der Waals surface area contributed by atoms with Gasteiger partial charge in [0.2, 0.25) is 0 Å². The maximum atomic E-state index is 11.4. The molecular formula is C13H11NO6S. The molecule has 0 aliphatic carbocycles. The van der Waals surface area contributed by atoms with E-state index in [1.165, 1.54) is 0 Å². The predicted octanol–water partition coefficient (Wildman–Crippen LogP) is 2.01. The van der Waals surface area contributed by atoms with Crippen molar-refractivity contribution in [3.63, 3.8) is 0 Å². The predicted molar refractivity (Wildman–Crippen MR) is 74.1 cm³/mol. The Morgan fingerprint density at radius 3 is 2.29 bits per heavy atom. The number of carboxylic acid groups (broad SMARTS) is 1. The molecule has 21 heavy (non-hydrogen) atoms. The van der Waals surface area contributed by atoms with Crippen LogP contribution in [0.25, 0.3) is 0 Å². The summed E-state index contributed by atoms with van der Waals surface area (Å²) in [6.45, 7) is 0. The number of nitrogen functional groups attached to an aromatic ring is 1. The average Bonchev–Trinajstić information content (AvgIpc) is 2.40. The topological polar surface area (TPSA) is 127 Å². The highest BCUT2D eigenvalue weighted by Gasteiger charge is 2.23. The molecule has 0 aromatic heterocycles. The minimum Gasteiger partial charge on any atom is -0.478 e. The van der Waals surface area contributed by atoms with Crippen LogP contribution < -0.4 is 10.5 Å². The monoisotopic (exact) mass is 309 g/mol. The molecule has 2 rings (SSSR count). The van der Waals surface area contributed by atoms with Crippen LogP contribution in [0.15, 0.2) is 47.4 Å². The summed E-state index contributed by atoms with van der Waals surface area (Å²) in [6.07, 6.45) is 0. The lowest BCUT2D eigenvalue weighted by atomic mass is 10.2. The minimum absolute atomic E-state index is 0.216. The van der Waals surface area contributed by atoms with Crippen LogP contribution in [0.5, 0.6) is 11.5 Å². The molecule has 0 heterocycles. The number of ether oxygens (including phenoxy) is 1. The maximum absolute atomic E-state index is 11.4. The lowest BCUT2D eigenvalue weighted by Gasteiger charge is -2.13. The van der Waals surface area contributed by atoms with Crippen molar-refractivity contribution in [2.24, 2.45) is 0 Å². The number of benzene rings is 2. The summed E-state index contributed by atoms with van der Waals surface area (Å²) in [6, 6.07) is 9.99. The van der Waals surface area contributed by atoms with Gasteiger partial charge >= 0.3 is 5.97 Å². The summed E-state index contributed by atoms with van der Waals surface area (Å²) in [5.41, 5.74) is 5.05. The normalized spacial score (nSPS) is 11.1. The molecular weight excluding hydrogens is 298 g/mol. The molecule has 0 saturated carbocycles. The van der Waals surface area contributed by atoms with E-state index in [4.69, 9.17) is 15.6 Å². The molecule has 2 aromatic carbocycles. The summed E-state index contributed by atoms with van der Waals surface area (Å²) in [5, 5.41) is 8.91. The van der Waals surface area contributed by atoms with E-state index in [0.717, 1.165) is 12.1 Å². The second-order valence-electron chi connectivity index (χ2n) is 4.09. The van der Waals surface area contributed by atoms with Crippen LogP contribution >= 0.6 is 0 Å². The van der Waals surface area contributed by atoms with E-state index in [-0.39, 0.29) is 22.7 Å². The number of anilines is 1. The van der Waals surface area contributed by atoms with Crippen molar-refractivity contribution in [2.45, 2.75) is 4.90 Å². The molecule has 0 atom stereocenters. The number of aromatic carboxylic acids is 1. The van der Waals surface area contributed by atoms with Crippen LogP contribution in [-0.2, 0) is 10.1 Å². The van der Waals surface area contributed by atoms with Gasteiger partial charge in [-0.2, -0.15) is 8.42 Å². The molecule has 0 fully saturated rings. The van der Waals surface area contributed by atoms with Gasteiger partial charge in [-0.15, -0.1) is 0 Å². The third-order valence-electron chi connectivity index (χ3n) is 2.57. The summed E-state index contributed by atoms with van der Waals surface area (Å²) < 4.78 is 37.4. The van der Waals surface area contributed by atoms with Crippen molar-refractivity contribution in [3.05, 3.63) is 48.0 Å². The first-order valence-corrected chi connectivity index (χ1v) is 7.10. The largest absolute Gasteiger partial charge is 0.478 e. The van der Waals surface area contributed by atoms with E-state index < -0.39 is 21.0 Å². The number of carboxylic acids is 1. The first-order chi connectivity index (χ1) is 9.79. The van der Waals surface area contributed by atoms with Gasteiger partial charge in [-0.05, 0) is 24.3 Å². The highest BCUT2D eigenvalue weighted by molar-refractivity contribution is 7.86. The Morgan fingerprint density at radius 2 is 1.76 bits per heavy atom. The molecule has 0 aliphatic rings. The van der Waals surface area contributed by atoms with E-state index in [9.17, 15) is 17.8 Å². The Labute approximate surface area is 120 Å². The van der Waals surface area contributed by atoms with Gasteiger partial charge in [0.15, 0.2) is 5.75 Å². The van der Waals surface area contributed by atoms with Crippen LogP contribution in [0.3, 0.4) is 0 Å². The molecule has 0 amide bonds. The van der Waals surface area contributed by atoms with E-state index >= 15 is 0 Å². The Kier molecular flexibility index (Phi) is 3.83. The van der Waals surface area contributed by atoms with Gasteiger partial charge in [-0.1, -0.05) is 18.2 Å². The van der Waals surface area contributed by atoms with Gasteiger partial charge in [0.25, 0.3) is 10.1 Å². The third kappa shape index (κ3) is 3.30. The molecule has 4 N–H and O–H groups in total. The van der Waals surface area contributed by atoms with E-state index in [0.29, 0.717) is 0 Å². The number of para-hydroxylation sites is 1. The summed E-state index contributed by atoms with van der Waals surface area (Å²) >= 11 is 0. The SMILES string of the molecule is Nc1cc(C(=O)O)cc(S(=O)(=O)O)c1Oc1ccccc1. The van der Waals surface area contributed by atoms with Gasteiger partial charge in [-0.25, -0.2) is 4.79 Å². The number of carbonyl (C=O) groups is 1. The molecule has 8 heteroatoms. The van der Waals surface area contributed by atoms with Crippen molar-refractivity contribution in [3.8, 4) is 11.5 Å². The van der Waals surface area contributed by atoms with Gasteiger partial charge in [-0.3, -0.25) is 4.55 Å². The van der Waals surface area contributed by atoms with Crippen molar-refractivity contribution in [2.75, 3.05) is 5.73 Å². The molecule has 0 saturated heterocycles. The molecule has 0 radical (unpaired) electrons. The van der Waals surface area contributed by atoms with Crippen molar-refractivity contribution < 1.29 is 27.6 Å². The van der Waals surface area contributed by atoms with Crippen LogP contribution in [0.1, 0.15) is 10.4 Å². The summed E-state index contributed by atoms with van der Waals surface area (Å²) in [5.74, 6) is -1.41. The van der Waals surface area contributed by atoms with Gasteiger partial charge in [0.05, 0.1) is 11.3 Å². The molecule has 0 bridgehead atoms. The molecule has 0 spiro atoms. The summed E-state index contributed by atoms with van der Waals surface area (Å²) in [4.78, 5) is 10.2. The number of hydrogen-bond donors (Lipinski definition) is 3. The number of hydrogen-bond acceptors (Lipinski definition) is 5. The highest BCUT2D eigenvalue weighted by Crippen LogP contribution is 2.35. The third-order valence-corrected chi connectivity index (χ3v) is 3.43. The minimum atomic E-state index is -4.70. The Hall–Kier alpha value is -2.58. The highest BCUT2D eigenvalue weighted by atomic mass is 32.2. The second kappa shape index (κ2) is 5.43. The van der Waals surface area contributed by atoms with E-state index in [2.05, 4.69) is 0 Å². The lowest BCUT2D eigenvalue weighted by molar-refractivity contribution is 0.0696. The number of rotatable bonds is 4. The first kappa shape index (κ1) is 14.8. The zero-order valence-electron chi connectivity index (χ0n) is 10.6. The van der Waals surface area contributed by atoms with Gasteiger partial charge in [0, 0.05) is 0 Å². The lowest BCUT2D eigenvalue weighted by Crippen LogP contribution is -2.07. The first-order valence-electron chi connectivity index (χ1n) is 5.66. The Bertz CT molecular complexity index is 786. The average molecular weight is 309 g/mol. The molecule has 0 aliphatic heterocycles. The number of nitrogens with two attached hydrogens (primary N) is 1. The van der Waals surface area contributed by atoms with E-state index in [1.54, 1.807) is 30.3 Å². The molecule has 0 unspecified atom stereocenters. The molecule has 2 aromatic rings. The van der Waals surface area contributed by atoms with Crippen molar-refractivity contribution in [1.82, 2.24) is 0 Å². The maximum Gasteiger partial charge on any atom is 0.335 e. The van der Waals surface area contributed by atoms with Crippen LogP contribution in [0.4, 0.5) is 5.69 Å². The second-order valence-corrected chi connectivity index (χ2v) is 5.48. The zero-order valence-corrected chi connectivity index (χ0v) is 11.4. The van der Waals surface area contributed by atoms with Crippen molar-refractivity contribution in [1.29, 1.82) is 0 Å². The fourth-order valence-corrected chi connectivity index (χ4v) is 2.32. The van der Waals surface area contributed by atoms with E-state index in [1.807, 2.05) is 0 Å². The van der Waals surface area contributed by atoms with Gasteiger partial charge in [0.1, 0.15) is 10.6 Å². The zero-order chi connectivity index (χ0) is 15.6. The quantitative estimate of drug-likeness (QED) is 0.582.